The Morgan fingerprint density at radius 3 is 1.72 bits per heavy atom. The van der Waals surface area contributed by atoms with Crippen molar-refractivity contribution in [3.63, 3.8) is 0 Å². The summed E-state index contributed by atoms with van der Waals surface area (Å²) in [5.41, 5.74) is -0.667. The van der Waals surface area contributed by atoms with Crippen LogP contribution in [0, 0.1) is 0 Å². The molecule has 1 aromatic rings. The Balaban J connectivity index is 3.22. The van der Waals surface area contributed by atoms with Crippen molar-refractivity contribution in [2.24, 2.45) is 0 Å². The molecule has 0 bridgehead atoms. The SMILES string of the molecule is CCOc1ccc(NC(=O)C(F)(OC(F)(F)C(F)(F)C(F)(F)F)C(F)(F)F)cc1. The van der Waals surface area contributed by atoms with E-state index in [4.69, 9.17) is 4.74 Å². The monoisotopic (exact) mass is 449 g/mol. The first kappa shape index (κ1) is 24.7. The van der Waals surface area contributed by atoms with Gasteiger partial charge in [0.2, 0.25) is 0 Å². The molecule has 166 valence electrons. The van der Waals surface area contributed by atoms with Crippen LogP contribution in [-0.4, -0.2) is 42.8 Å². The summed E-state index contributed by atoms with van der Waals surface area (Å²) in [6, 6.07) is 3.70. The summed E-state index contributed by atoms with van der Waals surface area (Å²) in [4.78, 5) is 11.5. The molecule has 1 rings (SSSR count). The maximum absolute atomic E-state index is 14.0. The summed E-state index contributed by atoms with van der Waals surface area (Å²) >= 11 is 0. The van der Waals surface area contributed by atoms with Crippen LogP contribution in [0.2, 0.25) is 0 Å². The van der Waals surface area contributed by atoms with E-state index >= 15 is 0 Å². The first-order valence-corrected chi connectivity index (χ1v) is 7.21. The molecule has 0 saturated heterocycles. The maximum atomic E-state index is 14.0. The molecular weight excluding hydrogens is 439 g/mol. The lowest BCUT2D eigenvalue weighted by molar-refractivity contribution is -0.472. The third kappa shape index (κ3) is 5.00. The quantitative estimate of drug-likeness (QED) is 0.593. The number of benzene rings is 1. The summed E-state index contributed by atoms with van der Waals surface area (Å²) in [5.74, 6) is -16.5. The molecule has 0 aromatic heterocycles. The van der Waals surface area contributed by atoms with Gasteiger partial charge >= 0.3 is 30.2 Å². The zero-order chi connectivity index (χ0) is 22.9. The van der Waals surface area contributed by atoms with Gasteiger partial charge in [-0.05, 0) is 31.2 Å². The number of nitrogens with one attached hydrogen (secondary N) is 1. The third-order valence-corrected chi connectivity index (χ3v) is 3.07. The van der Waals surface area contributed by atoms with E-state index in [0.717, 1.165) is 29.6 Å². The van der Waals surface area contributed by atoms with E-state index in [1.807, 2.05) is 0 Å². The number of carbonyl (C=O) groups excluding carboxylic acids is 1. The van der Waals surface area contributed by atoms with Crippen molar-refractivity contribution in [2.45, 2.75) is 37.2 Å². The van der Waals surface area contributed by atoms with Gasteiger partial charge in [-0.25, -0.2) is 0 Å². The summed E-state index contributed by atoms with van der Waals surface area (Å²) in [7, 11) is 0. The van der Waals surface area contributed by atoms with Crippen LogP contribution in [0.4, 0.5) is 54.0 Å². The molecule has 0 heterocycles. The van der Waals surface area contributed by atoms with E-state index in [9.17, 15) is 53.1 Å². The molecule has 1 unspecified atom stereocenters. The Morgan fingerprint density at radius 1 is 0.862 bits per heavy atom. The molecule has 0 aliphatic carbocycles. The molecule has 1 amide bonds. The van der Waals surface area contributed by atoms with Crippen LogP contribution in [0.25, 0.3) is 0 Å². The highest BCUT2D eigenvalue weighted by molar-refractivity contribution is 5.96. The van der Waals surface area contributed by atoms with E-state index in [1.54, 1.807) is 6.92 Å². The van der Waals surface area contributed by atoms with E-state index < -0.39 is 41.8 Å². The molecule has 29 heavy (non-hydrogen) atoms. The highest BCUT2D eigenvalue weighted by Gasteiger charge is 2.79. The fourth-order valence-corrected chi connectivity index (χ4v) is 1.65. The van der Waals surface area contributed by atoms with Crippen molar-refractivity contribution in [3.8, 4) is 5.75 Å². The Bertz CT molecular complexity index is 715. The van der Waals surface area contributed by atoms with Gasteiger partial charge in [0.15, 0.2) is 0 Å². The van der Waals surface area contributed by atoms with Gasteiger partial charge in [-0.15, -0.1) is 0 Å². The van der Waals surface area contributed by atoms with Crippen molar-refractivity contribution < 1.29 is 62.6 Å². The fourth-order valence-electron chi connectivity index (χ4n) is 1.65. The molecule has 1 atom stereocenters. The van der Waals surface area contributed by atoms with Crippen molar-refractivity contribution in [2.75, 3.05) is 11.9 Å². The average Bonchev–Trinajstić information content (AvgIpc) is 2.54. The van der Waals surface area contributed by atoms with Crippen LogP contribution >= 0.6 is 0 Å². The number of amides is 1. The second-order valence-corrected chi connectivity index (χ2v) is 5.20. The molecule has 0 aliphatic rings. The second kappa shape index (κ2) is 7.84. The number of anilines is 1. The van der Waals surface area contributed by atoms with E-state index in [-0.39, 0.29) is 12.4 Å². The van der Waals surface area contributed by atoms with Crippen molar-refractivity contribution >= 4 is 11.6 Å². The van der Waals surface area contributed by atoms with Crippen molar-refractivity contribution in [1.29, 1.82) is 0 Å². The number of ether oxygens (including phenoxy) is 2. The molecule has 0 saturated carbocycles. The fraction of sp³-hybridized carbons (Fsp3) is 0.500. The van der Waals surface area contributed by atoms with Gasteiger partial charge in [0.25, 0.3) is 5.91 Å². The molecule has 1 N–H and O–H groups in total. The number of halogens is 11. The minimum absolute atomic E-state index is 0.125. The van der Waals surface area contributed by atoms with Gasteiger partial charge in [-0.1, -0.05) is 0 Å². The minimum Gasteiger partial charge on any atom is -0.494 e. The highest BCUT2D eigenvalue weighted by Crippen LogP contribution is 2.51. The lowest BCUT2D eigenvalue weighted by Crippen LogP contribution is -2.62. The lowest BCUT2D eigenvalue weighted by atomic mass is 10.2. The second-order valence-electron chi connectivity index (χ2n) is 5.20. The predicted molar refractivity (Wildman–Crippen MR) is 73.2 cm³/mol. The zero-order valence-corrected chi connectivity index (χ0v) is 13.9. The van der Waals surface area contributed by atoms with Crippen LogP contribution in [0.5, 0.6) is 5.75 Å². The smallest absolute Gasteiger partial charge is 0.462 e. The first-order chi connectivity index (χ1) is 12.9. The van der Waals surface area contributed by atoms with Gasteiger partial charge < -0.3 is 10.1 Å². The van der Waals surface area contributed by atoms with Gasteiger partial charge in [-0.3, -0.25) is 9.53 Å². The normalized spacial score (nSPS) is 15.6. The summed E-state index contributed by atoms with van der Waals surface area (Å²) in [5, 5.41) is 1.10. The van der Waals surface area contributed by atoms with E-state index in [1.165, 1.54) is 0 Å². The Hall–Kier alpha value is -2.32. The largest absolute Gasteiger partial charge is 0.494 e. The van der Waals surface area contributed by atoms with E-state index in [2.05, 4.69) is 4.74 Å². The van der Waals surface area contributed by atoms with Crippen LogP contribution < -0.4 is 10.1 Å². The van der Waals surface area contributed by atoms with Crippen molar-refractivity contribution in [1.82, 2.24) is 0 Å². The Kier molecular flexibility index (Phi) is 6.68. The van der Waals surface area contributed by atoms with Crippen molar-refractivity contribution in [3.05, 3.63) is 24.3 Å². The predicted octanol–water partition coefficient (Wildman–Crippen LogP) is 5.06. The van der Waals surface area contributed by atoms with Crippen LogP contribution in [-0.2, 0) is 9.53 Å². The summed E-state index contributed by atoms with van der Waals surface area (Å²) in [6.07, 6.45) is -21.0. The number of hydrogen-bond donors (Lipinski definition) is 1. The zero-order valence-electron chi connectivity index (χ0n) is 13.9. The lowest BCUT2D eigenvalue weighted by Gasteiger charge is -2.34. The number of alkyl halides is 11. The minimum atomic E-state index is -7.25. The molecule has 0 aliphatic heterocycles. The van der Waals surface area contributed by atoms with E-state index in [0.29, 0.717) is 0 Å². The van der Waals surface area contributed by atoms with Gasteiger partial charge in [0.05, 0.1) is 6.61 Å². The maximum Gasteiger partial charge on any atom is 0.462 e. The van der Waals surface area contributed by atoms with Crippen LogP contribution in [0.15, 0.2) is 24.3 Å². The Morgan fingerprint density at radius 2 is 1.34 bits per heavy atom. The number of rotatable bonds is 7. The molecule has 0 radical (unpaired) electrons. The first-order valence-electron chi connectivity index (χ1n) is 7.21. The van der Waals surface area contributed by atoms with Gasteiger partial charge in [0, 0.05) is 5.69 Å². The number of carbonyl (C=O) groups is 1. The molecule has 15 heteroatoms. The summed E-state index contributed by atoms with van der Waals surface area (Å²) < 4.78 is 147. The highest BCUT2D eigenvalue weighted by atomic mass is 19.4. The molecule has 0 spiro atoms. The van der Waals surface area contributed by atoms with Crippen LogP contribution in [0.3, 0.4) is 0 Å². The number of hydrogen-bond acceptors (Lipinski definition) is 3. The topological polar surface area (TPSA) is 47.6 Å². The molecule has 0 fully saturated rings. The molecular formula is C14H10F11NO3. The van der Waals surface area contributed by atoms with Gasteiger partial charge in [-0.2, -0.15) is 48.3 Å². The molecule has 4 nitrogen and oxygen atoms in total. The Labute approximate surface area is 154 Å². The standard InChI is InChI=1S/C14H10F11NO3/c1-2-28-8-5-3-7(4-6-8)26-9(27)10(15,12(18,19)20)29-14(24,25)11(16,17)13(21,22)23/h3-6H,2H2,1H3,(H,26,27). The molecule has 1 aromatic carbocycles. The summed E-state index contributed by atoms with van der Waals surface area (Å²) in [6.45, 7) is 1.72. The van der Waals surface area contributed by atoms with Gasteiger partial charge in [0.1, 0.15) is 5.75 Å². The third-order valence-electron chi connectivity index (χ3n) is 3.07. The average molecular weight is 449 g/mol. The van der Waals surface area contributed by atoms with Crippen LogP contribution in [0.1, 0.15) is 6.92 Å².